The van der Waals surface area contributed by atoms with E-state index in [2.05, 4.69) is 12.2 Å². The number of aliphatic hydroxyl groups is 1. The fraction of sp³-hybridized carbons (Fsp3) is 0.667. The van der Waals surface area contributed by atoms with Gasteiger partial charge >= 0.3 is 0 Å². The Bertz CT molecular complexity index is 299. The molecule has 1 aliphatic rings. The Labute approximate surface area is 95.6 Å². The van der Waals surface area contributed by atoms with Crippen molar-refractivity contribution in [1.29, 1.82) is 0 Å². The predicted octanol–water partition coefficient (Wildman–Crippen LogP) is 1.47. The van der Waals surface area contributed by atoms with Crippen molar-refractivity contribution in [2.24, 2.45) is 0 Å². The van der Waals surface area contributed by atoms with Crippen LogP contribution in [0.15, 0.2) is 22.8 Å². The zero-order valence-corrected chi connectivity index (χ0v) is 9.56. The number of ether oxygens (including phenoxy) is 1. The zero-order valence-electron chi connectivity index (χ0n) is 9.56. The van der Waals surface area contributed by atoms with E-state index in [0.717, 1.165) is 19.4 Å². The van der Waals surface area contributed by atoms with Crippen molar-refractivity contribution in [3.05, 3.63) is 24.2 Å². The summed E-state index contributed by atoms with van der Waals surface area (Å²) in [7, 11) is 0. The number of hydrogen-bond donors (Lipinski definition) is 2. The fourth-order valence-electron chi connectivity index (χ4n) is 2.04. The van der Waals surface area contributed by atoms with E-state index in [1.807, 2.05) is 0 Å². The Kier molecular flexibility index (Phi) is 3.98. The highest BCUT2D eigenvalue weighted by molar-refractivity contribution is 5.02. The first kappa shape index (κ1) is 11.6. The van der Waals surface area contributed by atoms with Crippen LogP contribution in [0.25, 0.3) is 0 Å². The van der Waals surface area contributed by atoms with Crippen molar-refractivity contribution < 1.29 is 14.3 Å². The quantitative estimate of drug-likeness (QED) is 0.814. The Morgan fingerprint density at radius 3 is 3.19 bits per heavy atom. The molecular formula is C12H19NO3. The highest BCUT2D eigenvalue weighted by atomic mass is 16.5. The molecule has 4 heteroatoms. The lowest BCUT2D eigenvalue weighted by molar-refractivity contribution is 0.0104. The summed E-state index contributed by atoms with van der Waals surface area (Å²) < 4.78 is 10.6. The van der Waals surface area contributed by atoms with Gasteiger partial charge in [0.05, 0.1) is 12.4 Å². The second-order valence-electron chi connectivity index (χ2n) is 4.34. The summed E-state index contributed by atoms with van der Waals surface area (Å²) in [5.74, 6) is 0.618. The van der Waals surface area contributed by atoms with Crippen molar-refractivity contribution in [2.75, 3.05) is 13.2 Å². The molecule has 0 bridgehead atoms. The third-order valence-corrected chi connectivity index (χ3v) is 2.96. The summed E-state index contributed by atoms with van der Waals surface area (Å²) in [6.45, 7) is 3.41. The van der Waals surface area contributed by atoms with E-state index in [9.17, 15) is 5.11 Å². The minimum Gasteiger partial charge on any atom is -0.467 e. The average molecular weight is 225 g/mol. The van der Waals surface area contributed by atoms with Crippen molar-refractivity contribution in [1.82, 2.24) is 5.32 Å². The molecule has 1 fully saturated rings. The SMILES string of the molecule is CC1CC(NCC(O)c2ccco2)CCO1. The van der Waals surface area contributed by atoms with E-state index in [1.165, 1.54) is 0 Å². The van der Waals surface area contributed by atoms with Crippen LogP contribution in [-0.2, 0) is 4.74 Å². The normalized spacial score (nSPS) is 27.9. The van der Waals surface area contributed by atoms with Gasteiger partial charge in [-0.05, 0) is 31.9 Å². The molecule has 4 nitrogen and oxygen atoms in total. The molecule has 1 aliphatic heterocycles. The minimum atomic E-state index is -0.562. The maximum absolute atomic E-state index is 9.82. The Morgan fingerprint density at radius 1 is 1.62 bits per heavy atom. The van der Waals surface area contributed by atoms with Gasteiger partial charge < -0.3 is 19.6 Å². The third-order valence-electron chi connectivity index (χ3n) is 2.96. The average Bonchev–Trinajstić information content (AvgIpc) is 2.79. The molecule has 2 rings (SSSR count). The van der Waals surface area contributed by atoms with E-state index >= 15 is 0 Å². The molecule has 1 aromatic rings. The van der Waals surface area contributed by atoms with Crippen LogP contribution >= 0.6 is 0 Å². The number of aliphatic hydroxyl groups excluding tert-OH is 1. The molecule has 1 saturated heterocycles. The second-order valence-corrected chi connectivity index (χ2v) is 4.34. The van der Waals surface area contributed by atoms with Gasteiger partial charge in [0, 0.05) is 19.2 Å². The van der Waals surface area contributed by atoms with E-state index in [1.54, 1.807) is 18.4 Å². The molecule has 0 amide bonds. The lowest BCUT2D eigenvalue weighted by Crippen LogP contribution is -2.39. The van der Waals surface area contributed by atoms with Crippen LogP contribution in [0.5, 0.6) is 0 Å². The monoisotopic (exact) mass is 225 g/mol. The standard InChI is InChI=1S/C12H19NO3/c1-9-7-10(4-6-15-9)13-8-11(14)12-3-2-5-16-12/h2-3,5,9-11,13-14H,4,6-8H2,1H3. The molecule has 90 valence electrons. The predicted molar refractivity (Wildman–Crippen MR) is 60.1 cm³/mol. The van der Waals surface area contributed by atoms with Gasteiger partial charge in [0.25, 0.3) is 0 Å². The van der Waals surface area contributed by atoms with Gasteiger partial charge in [0.2, 0.25) is 0 Å². The van der Waals surface area contributed by atoms with Gasteiger partial charge in [0.1, 0.15) is 11.9 Å². The largest absolute Gasteiger partial charge is 0.467 e. The van der Waals surface area contributed by atoms with Gasteiger partial charge in [-0.3, -0.25) is 0 Å². The molecule has 0 spiro atoms. The third kappa shape index (κ3) is 3.07. The van der Waals surface area contributed by atoms with E-state index in [4.69, 9.17) is 9.15 Å². The second kappa shape index (κ2) is 5.48. The summed E-state index contributed by atoms with van der Waals surface area (Å²) in [5.41, 5.74) is 0. The van der Waals surface area contributed by atoms with Crippen LogP contribution in [0.3, 0.4) is 0 Å². The minimum absolute atomic E-state index is 0.312. The number of hydrogen-bond acceptors (Lipinski definition) is 4. The van der Waals surface area contributed by atoms with Crippen LogP contribution in [-0.4, -0.2) is 30.4 Å². The highest BCUT2D eigenvalue weighted by Crippen LogP contribution is 2.16. The maximum atomic E-state index is 9.82. The van der Waals surface area contributed by atoms with Crippen molar-refractivity contribution >= 4 is 0 Å². The molecule has 0 radical (unpaired) electrons. The van der Waals surface area contributed by atoms with E-state index < -0.39 is 6.10 Å². The first-order chi connectivity index (χ1) is 7.75. The highest BCUT2D eigenvalue weighted by Gasteiger charge is 2.20. The number of furan rings is 1. The summed E-state index contributed by atoms with van der Waals surface area (Å²) in [5, 5.41) is 13.2. The Hall–Kier alpha value is -0.840. The lowest BCUT2D eigenvalue weighted by Gasteiger charge is -2.28. The summed E-state index contributed by atoms with van der Waals surface area (Å²) in [6, 6.07) is 4.02. The summed E-state index contributed by atoms with van der Waals surface area (Å²) in [4.78, 5) is 0. The zero-order chi connectivity index (χ0) is 11.4. The maximum Gasteiger partial charge on any atom is 0.133 e. The molecule has 0 aromatic carbocycles. The van der Waals surface area contributed by atoms with Crippen molar-refractivity contribution in [3.8, 4) is 0 Å². The summed E-state index contributed by atoms with van der Waals surface area (Å²) in [6.07, 6.45) is 3.34. The van der Waals surface area contributed by atoms with Crippen LogP contribution < -0.4 is 5.32 Å². The Morgan fingerprint density at radius 2 is 2.50 bits per heavy atom. The van der Waals surface area contributed by atoms with Crippen LogP contribution in [0.1, 0.15) is 31.6 Å². The van der Waals surface area contributed by atoms with Gasteiger partial charge in [-0.2, -0.15) is 0 Å². The van der Waals surface area contributed by atoms with E-state index in [-0.39, 0.29) is 0 Å². The van der Waals surface area contributed by atoms with Gasteiger partial charge in [-0.15, -0.1) is 0 Å². The Balaban J connectivity index is 1.74. The molecule has 1 aromatic heterocycles. The molecule has 3 atom stereocenters. The lowest BCUT2D eigenvalue weighted by atomic mass is 10.0. The fourth-order valence-corrected chi connectivity index (χ4v) is 2.04. The topological polar surface area (TPSA) is 54.6 Å². The van der Waals surface area contributed by atoms with E-state index in [0.29, 0.717) is 24.5 Å². The summed E-state index contributed by atoms with van der Waals surface area (Å²) >= 11 is 0. The van der Waals surface area contributed by atoms with Gasteiger partial charge in [-0.25, -0.2) is 0 Å². The van der Waals surface area contributed by atoms with Crippen LogP contribution in [0.4, 0.5) is 0 Å². The van der Waals surface area contributed by atoms with Crippen molar-refractivity contribution in [2.45, 2.75) is 38.0 Å². The molecule has 16 heavy (non-hydrogen) atoms. The van der Waals surface area contributed by atoms with Crippen molar-refractivity contribution in [3.63, 3.8) is 0 Å². The number of rotatable bonds is 4. The van der Waals surface area contributed by atoms with Gasteiger partial charge in [0.15, 0.2) is 0 Å². The van der Waals surface area contributed by atoms with Crippen LogP contribution in [0, 0.1) is 0 Å². The first-order valence-electron chi connectivity index (χ1n) is 5.82. The molecular weight excluding hydrogens is 206 g/mol. The van der Waals surface area contributed by atoms with Gasteiger partial charge in [-0.1, -0.05) is 0 Å². The molecule has 2 heterocycles. The first-order valence-corrected chi connectivity index (χ1v) is 5.82. The molecule has 3 unspecified atom stereocenters. The molecule has 2 N–H and O–H groups in total. The number of nitrogens with one attached hydrogen (secondary N) is 1. The molecule has 0 saturated carbocycles. The smallest absolute Gasteiger partial charge is 0.133 e. The molecule has 0 aliphatic carbocycles. The van der Waals surface area contributed by atoms with Crippen LogP contribution in [0.2, 0.25) is 0 Å².